The molecule has 0 atom stereocenters. The lowest BCUT2D eigenvalue weighted by Gasteiger charge is -2.10. The van der Waals surface area contributed by atoms with Crippen LogP contribution in [0.5, 0.6) is 0 Å². The van der Waals surface area contributed by atoms with Gasteiger partial charge in [0, 0.05) is 10.7 Å². The minimum absolute atomic E-state index is 0.119. The Kier molecular flexibility index (Phi) is 4.17. The molecule has 98 valence electrons. The fraction of sp³-hybridized carbons (Fsp3) is 0.0769. The molecule has 1 N–H and O–H groups in total. The lowest BCUT2D eigenvalue weighted by molar-refractivity contribution is 0.102. The molecular formula is C13H9BrClFN2O. The van der Waals surface area contributed by atoms with Gasteiger partial charge in [-0.25, -0.2) is 4.39 Å². The van der Waals surface area contributed by atoms with Crippen LogP contribution in [0.25, 0.3) is 0 Å². The van der Waals surface area contributed by atoms with Crippen LogP contribution in [0.2, 0.25) is 5.02 Å². The highest BCUT2D eigenvalue weighted by Gasteiger charge is 2.15. The Hall–Kier alpha value is -1.46. The van der Waals surface area contributed by atoms with Gasteiger partial charge in [-0.2, -0.15) is 0 Å². The van der Waals surface area contributed by atoms with E-state index in [2.05, 4.69) is 26.2 Å². The maximum Gasteiger partial charge on any atom is 0.274 e. The molecule has 0 bridgehead atoms. The number of nitrogens with zero attached hydrogens (tertiary/aromatic N) is 1. The van der Waals surface area contributed by atoms with Crippen molar-refractivity contribution in [1.82, 2.24) is 4.98 Å². The predicted octanol–water partition coefficient (Wildman–Crippen LogP) is 4.20. The molecule has 0 saturated carbocycles. The SMILES string of the molecule is Cc1cccnc1C(=O)Nc1c(Cl)cc(F)cc1Br. The summed E-state index contributed by atoms with van der Waals surface area (Å²) in [6.07, 6.45) is 1.53. The van der Waals surface area contributed by atoms with E-state index in [0.717, 1.165) is 11.6 Å². The third kappa shape index (κ3) is 3.11. The summed E-state index contributed by atoms with van der Waals surface area (Å²) in [4.78, 5) is 16.1. The van der Waals surface area contributed by atoms with Crippen molar-refractivity contribution in [1.29, 1.82) is 0 Å². The Labute approximate surface area is 122 Å². The molecule has 1 aromatic carbocycles. The molecule has 0 radical (unpaired) electrons. The van der Waals surface area contributed by atoms with E-state index in [0.29, 0.717) is 15.9 Å². The molecule has 0 aliphatic rings. The number of hydrogen-bond acceptors (Lipinski definition) is 2. The van der Waals surface area contributed by atoms with E-state index in [9.17, 15) is 9.18 Å². The summed E-state index contributed by atoms with van der Waals surface area (Å²) in [5, 5.41) is 2.74. The van der Waals surface area contributed by atoms with E-state index in [1.165, 1.54) is 12.3 Å². The van der Waals surface area contributed by atoms with Crippen LogP contribution in [0.4, 0.5) is 10.1 Å². The molecule has 2 aromatic rings. The molecule has 0 fully saturated rings. The molecule has 0 aliphatic heterocycles. The van der Waals surface area contributed by atoms with Crippen molar-refractivity contribution in [2.75, 3.05) is 5.32 Å². The molecule has 0 saturated heterocycles. The summed E-state index contributed by atoms with van der Waals surface area (Å²) in [6.45, 7) is 1.78. The first kappa shape index (κ1) is 14.0. The monoisotopic (exact) mass is 342 g/mol. The fourth-order valence-electron chi connectivity index (χ4n) is 1.56. The van der Waals surface area contributed by atoms with Crippen molar-refractivity contribution >= 4 is 39.1 Å². The van der Waals surface area contributed by atoms with E-state index < -0.39 is 11.7 Å². The van der Waals surface area contributed by atoms with Crippen molar-refractivity contribution in [3.8, 4) is 0 Å². The van der Waals surface area contributed by atoms with Crippen LogP contribution in [-0.4, -0.2) is 10.9 Å². The quantitative estimate of drug-likeness (QED) is 0.888. The highest BCUT2D eigenvalue weighted by molar-refractivity contribution is 9.10. The Morgan fingerprint density at radius 3 is 2.84 bits per heavy atom. The second-order valence-corrected chi connectivity index (χ2v) is 5.13. The Morgan fingerprint density at radius 1 is 1.47 bits per heavy atom. The summed E-state index contributed by atoms with van der Waals surface area (Å²) in [7, 11) is 0. The molecule has 6 heteroatoms. The average molecular weight is 344 g/mol. The summed E-state index contributed by atoms with van der Waals surface area (Å²) >= 11 is 9.06. The fourth-order valence-corrected chi connectivity index (χ4v) is 2.46. The lowest BCUT2D eigenvalue weighted by Crippen LogP contribution is -2.15. The van der Waals surface area contributed by atoms with Crippen molar-refractivity contribution in [3.63, 3.8) is 0 Å². The van der Waals surface area contributed by atoms with Crippen molar-refractivity contribution in [3.05, 3.63) is 57.0 Å². The number of halogens is 3. The maximum atomic E-state index is 13.1. The van der Waals surface area contributed by atoms with Crippen molar-refractivity contribution < 1.29 is 9.18 Å². The zero-order valence-corrected chi connectivity index (χ0v) is 12.2. The largest absolute Gasteiger partial charge is 0.318 e. The molecular weight excluding hydrogens is 335 g/mol. The van der Waals surface area contributed by atoms with Gasteiger partial charge in [0.25, 0.3) is 5.91 Å². The number of nitrogens with one attached hydrogen (secondary N) is 1. The number of pyridine rings is 1. The van der Waals surface area contributed by atoms with Gasteiger partial charge in [0.15, 0.2) is 0 Å². The van der Waals surface area contributed by atoms with E-state index in [1.54, 1.807) is 19.1 Å². The summed E-state index contributed by atoms with van der Waals surface area (Å²) in [5.41, 5.74) is 1.36. The Balaban J connectivity index is 2.32. The molecule has 0 spiro atoms. The smallest absolute Gasteiger partial charge is 0.274 e. The van der Waals surface area contributed by atoms with Gasteiger partial charge in [-0.3, -0.25) is 9.78 Å². The van der Waals surface area contributed by atoms with Gasteiger partial charge in [0.05, 0.1) is 10.7 Å². The summed E-state index contributed by atoms with van der Waals surface area (Å²) < 4.78 is 13.5. The molecule has 0 unspecified atom stereocenters. The highest BCUT2D eigenvalue weighted by atomic mass is 79.9. The van der Waals surface area contributed by atoms with Crippen LogP contribution in [-0.2, 0) is 0 Å². The van der Waals surface area contributed by atoms with Gasteiger partial charge in [-0.1, -0.05) is 17.7 Å². The number of carbonyl (C=O) groups is 1. The second-order valence-electron chi connectivity index (χ2n) is 3.87. The van der Waals surface area contributed by atoms with Gasteiger partial charge < -0.3 is 5.32 Å². The Bertz CT molecular complexity index is 625. The third-order valence-electron chi connectivity index (χ3n) is 2.47. The topological polar surface area (TPSA) is 42.0 Å². The number of aryl methyl sites for hydroxylation is 1. The van der Waals surface area contributed by atoms with E-state index in [4.69, 9.17) is 11.6 Å². The number of aromatic nitrogens is 1. The summed E-state index contributed by atoms with van der Waals surface area (Å²) in [5.74, 6) is -0.879. The highest BCUT2D eigenvalue weighted by Crippen LogP contribution is 2.32. The normalized spacial score (nSPS) is 10.3. The number of benzene rings is 1. The number of hydrogen-bond donors (Lipinski definition) is 1. The molecule has 3 nitrogen and oxygen atoms in total. The minimum Gasteiger partial charge on any atom is -0.318 e. The number of anilines is 1. The van der Waals surface area contributed by atoms with Crippen LogP contribution < -0.4 is 5.32 Å². The molecule has 0 aliphatic carbocycles. The van der Waals surface area contributed by atoms with Crippen LogP contribution in [0.3, 0.4) is 0 Å². The van der Waals surface area contributed by atoms with Crippen molar-refractivity contribution in [2.45, 2.75) is 6.92 Å². The zero-order valence-electron chi connectivity index (χ0n) is 9.88. The molecule has 2 rings (SSSR count). The van der Waals surface area contributed by atoms with Gasteiger partial charge in [0.2, 0.25) is 0 Å². The minimum atomic E-state index is -0.483. The third-order valence-corrected chi connectivity index (χ3v) is 3.39. The zero-order chi connectivity index (χ0) is 14.0. The summed E-state index contributed by atoms with van der Waals surface area (Å²) in [6, 6.07) is 5.89. The molecule has 1 amide bonds. The van der Waals surface area contributed by atoms with E-state index >= 15 is 0 Å². The standard InChI is InChI=1S/C13H9BrClFN2O/c1-7-3-2-4-17-11(7)13(19)18-12-9(14)5-8(16)6-10(12)15/h2-6H,1H3,(H,18,19). The maximum absolute atomic E-state index is 13.1. The van der Waals surface area contributed by atoms with Gasteiger partial charge >= 0.3 is 0 Å². The number of amides is 1. The first-order valence-electron chi connectivity index (χ1n) is 5.36. The van der Waals surface area contributed by atoms with E-state index in [1.807, 2.05) is 0 Å². The van der Waals surface area contributed by atoms with Crippen LogP contribution in [0.15, 0.2) is 34.9 Å². The lowest BCUT2D eigenvalue weighted by atomic mass is 10.2. The van der Waals surface area contributed by atoms with Gasteiger partial charge in [0.1, 0.15) is 11.5 Å². The number of carbonyl (C=O) groups excluding carboxylic acids is 1. The van der Waals surface area contributed by atoms with Gasteiger partial charge in [-0.15, -0.1) is 0 Å². The van der Waals surface area contributed by atoms with E-state index in [-0.39, 0.29) is 5.02 Å². The average Bonchev–Trinajstić information content (AvgIpc) is 2.34. The first-order valence-corrected chi connectivity index (χ1v) is 6.53. The van der Waals surface area contributed by atoms with Gasteiger partial charge in [-0.05, 0) is 46.6 Å². The predicted molar refractivity (Wildman–Crippen MR) is 76.0 cm³/mol. The van der Waals surface area contributed by atoms with Crippen LogP contribution >= 0.6 is 27.5 Å². The van der Waals surface area contributed by atoms with Crippen molar-refractivity contribution in [2.24, 2.45) is 0 Å². The van der Waals surface area contributed by atoms with Crippen LogP contribution in [0.1, 0.15) is 16.1 Å². The first-order chi connectivity index (χ1) is 8.99. The Morgan fingerprint density at radius 2 is 2.21 bits per heavy atom. The van der Waals surface area contributed by atoms with Crippen LogP contribution in [0, 0.1) is 12.7 Å². The molecule has 1 aromatic heterocycles. The molecule has 19 heavy (non-hydrogen) atoms. The molecule has 1 heterocycles. The second kappa shape index (κ2) is 5.67. The number of rotatable bonds is 2.